The molecular formula is C13H13ClN2O2. The molecule has 0 saturated heterocycles. The average molecular weight is 265 g/mol. The van der Waals surface area contributed by atoms with Gasteiger partial charge in [0.15, 0.2) is 0 Å². The lowest BCUT2D eigenvalue weighted by Crippen LogP contribution is -1.95. The van der Waals surface area contributed by atoms with Crippen LogP contribution in [0, 0.1) is 0 Å². The van der Waals surface area contributed by atoms with E-state index in [2.05, 4.69) is 4.98 Å². The van der Waals surface area contributed by atoms with E-state index in [1.54, 1.807) is 18.2 Å². The number of nitrogens with zero attached hydrogens (tertiary/aromatic N) is 1. The number of benzene rings is 1. The zero-order valence-electron chi connectivity index (χ0n) is 9.64. The molecule has 0 aliphatic carbocycles. The van der Waals surface area contributed by atoms with Crippen LogP contribution in [0.1, 0.15) is 5.56 Å². The lowest BCUT2D eigenvalue weighted by atomic mass is 10.1. The zero-order valence-corrected chi connectivity index (χ0v) is 10.4. The zero-order chi connectivity index (χ0) is 13.0. The summed E-state index contributed by atoms with van der Waals surface area (Å²) >= 11 is 5.75. The molecule has 3 N–H and O–H groups in total. The van der Waals surface area contributed by atoms with Crippen molar-refractivity contribution >= 4 is 17.3 Å². The second-order valence-electron chi connectivity index (χ2n) is 3.77. The van der Waals surface area contributed by atoms with Gasteiger partial charge in [-0.15, -0.1) is 0 Å². The highest BCUT2D eigenvalue weighted by atomic mass is 35.5. The molecule has 0 radical (unpaired) electrons. The first-order valence-electron chi connectivity index (χ1n) is 5.47. The Morgan fingerprint density at radius 3 is 2.61 bits per heavy atom. The molecule has 0 bridgehead atoms. The highest BCUT2D eigenvalue weighted by Crippen LogP contribution is 2.27. The molecule has 5 heteroatoms. The fourth-order valence-electron chi connectivity index (χ4n) is 1.49. The topological polar surface area (TPSA) is 68.4 Å². The Hall–Kier alpha value is -1.78. The average Bonchev–Trinajstić information content (AvgIpc) is 2.35. The van der Waals surface area contributed by atoms with E-state index in [1.165, 1.54) is 6.20 Å². The van der Waals surface area contributed by atoms with Gasteiger partial charge in [0.1, 0.15) is 5.75 Å². The predicted molar refractivity (Wildman–Crippen MR) is 71.0 cm³/mol. The summed E-state index contributed by atoms with van der Waals surface area (Å²) in [5.41, 5.74) is 7.18. The Morgan fingerprint density at radius 1 is 1.28 bits per heavy atom. The van der Waals surface area contributed by atoms with Gasteiger partial charge in [0.25, 0.3) is 0 Å². The van der Waals surface area contributed by atoms with E-state index in [9.17, 15) is 0 Å². The van der Waals surface area contributed by atoms with Gasteiger partial charge in [0.2, 0.25) is 5.88 Å². The third-order valence-electron chi connectivity index (χ3n) is 2.38. The molecule has 0 amide bonds. The summed E-state index contributed by atoms with van der Waals surface area (Å²) in [7, 11) is 0. The standard InChI is InChI=1S/C13H13ClN2O2/c14-10-7-12(15)13(16-8-10)18-11-3-1-9(2-4-11)5-6-17/h1-4,7-8,17H,5-6,15H2. The van der Waals surface area contributed by atoms with Crippen molar-refractivity contribution in [3.63, 3.8) is 0 Å². The summed E-state index contributed by atoms with van der Waals surface area (Å²) in [6.45, 7) is 0.131. The number of nitrogen functional groups attached to an aromatic ring is 1. The maximum atomic E-state index is 8.82. The second kappa shape index (κ2) is 5.71. The molecule has 94 valence electrons. The first kappa shape index (κ1) is 12.7. The Morgan fingerprint density at radius 2 is 2.00 bits per heavy atom. The van der Waals surface area contributed by atoms with Crippen molar-refractivity contribution in [1.82, 2.24) is 4.98 Å². The Kier molecular flexibility index (Phi) is 4.02. The van der Waals surface area contributed by atoms with Crippen LogP contribution in [0.3, 0.4) is 0 Å². The highest BCUT2D eigenvalue weighted by Gasteiger charge is 2.04. The predicted octanol–water partition coefficient (Wildman–Crippen LogP) is 2.64. The van der Waals surface area contributed by atoms with Crippen LogP contribution in [0.4, 0.5) is 5.69 Å². The second-order valence-corrected chi connectivity index (χ2v) is 4.20. The quantitative estimate of drug-likeness (QED) is 0.891. The van der Waals surface area contributed by atoms with Crippen LogP contribution < -0.4 is 10.5 Å². The lowest BCUT2D eigenvalue weighted by Gasteiger charge is -2.07. The molecule has 0 aliphatic heterocycles. The third-order valence-corrected chi connectivity index (χ3v) is 2.59. The number of aromatic nitrogens is 1. The van der Waals surface area contributed by atoms with Gasteiger partial charge in [-0.3, -0.25) is 0 Å². The van der Waals surface area contributed by atoms with E-state index >= 15 is 0 Å². The van der Waals surface area contributed by atoms with Crippen molar-refractivity contribution in [2.45, 2.75) is 6.42 Å². The summed E-state index contributed by atoms with van der Waals surface area (Å²) in [5, 5.41) is 9.29. The Bertz CT molecular complexity index is 529. The van der Waals surface area contributed by atoms with Gasteiger partial charge in [0, 0.05) is 12.8 Å². The summed E-state index contributed by atoms with van der Waals surface area (Å²) < 4.78 is 5.54. The molecule has 0 spiro atoms. The van der Waals surface area contributed by atoms with Crippen LogP contribution in [0.5, 0.6) is 11.6 Å². The minimum atomic E-state index is 0.131. The molecule has 0 aliphatic rings. The van der Waals surface area contributed by atoms with Gasteiger partial charge in [-0.2, -0.15) is 0 Å². The van der Waals surface area contributed by atoms with Crippen LogP contribution in [0.2, 0.25) is 5.02 Å². The molecule has 0 atom stereocenters. The number of nitrogens with two attached hydrogens (primary N) is 1. The fraction of sp³-hybridized carbons (Fsp3) is 0.154. The summed E-state index contributed by atoms with van der Waals surface area (Å²) in [4.78, 5) is 4.01. The first-order valence-corrected chi connectivity index (χ1v) is 5.85. The molecule has 0 fully saturated rings. The van der Waals surface area contributed by atoms with E-state index in [0.717, 1.165) is 5.56 Å². The number of anilines is 1. The fourth-order valence-corrected chi connectivity index (χ4v) is 1.66. The van der Waals surface area contributed by atoms with Gasteiger partial charge in [0.05, 0.1) is 10.7 Å². The molecule has 1 aromatic carbocycles. The van der Waals surface area contributed by atoms with Crippen molar-refractivity contribution in [3.8, 4) is 11.6 Å². The molecule has 0 saturated carbocycles. The number of rotatable bonds is 4. The molecule has 4 nitrogen and oxygen atoms in total. The summed E-state index contributed by atoms with van der Waals surface area (Å²) in [6, 6.07) is 8.97. The van der Waals surface area contributed by atoms with Gasteiger partial charge in [-0.05, 0) is 30.2 Å². The van der Waals surface area contributed by atoms with Gasteiger partial charge >= 0.3 is 0 Å². The van der Waals surface area contributed by atoms with E-state index < -0.39 is 0 Å². The number of aliphatic hydroxyl groups is 1. The minimum Gasteiger partial charge on any atom is -0.437 e. The monoisotopic (exact) mass is 264 g/mol. The number of hydrogen-bond donors (Lipinski definition) is 2. The smallest absolute Gasteiger partial charge is 0.242 e. The SMILES string of the molecule is Nc1cc(Cl)cnc1Oc1ccc(CCO)cc1. The molecule has 1 heterocycles. The highest BCUT2D eigenvalue weighted by molar-refractivity contribution is 6.30. The third kappa shape index (κ3) is 3.12. The molecule has 1 aromatic heterocycles. The van der Waals surface area contributed by atoms with Crippen LogP contribution in [-0.4, -0.2) is 16.7 Å². The largest absolute Gasteiger partial charge is 0.437 e. The molecular weight excluding hydrogens is 252 g/mol. The van der Waals surface area contributed by atoms with E-state index in [1.807, 2.05) is 12.1 Å². The van der Waals surface area contributed by atoms with Crippen molar-refractivity contribution in [3.05, 3.63) is 47.1 Å². The normalized spacial score (nSPS) is 10.3. The van der Waals surface area contributed by atoms with Crippen LogP contribution >= 0.6 is 11.6 Å². The first-order chi connectivity index (χ1) is 8.69. The summed E-state index contributed by atoms with van der Waals surface area (Å²) in [6.07, 6.45) is 2.11. The molecule has 18 heavy (non-hydrogen) atoms. The number of pyridine rings is 1. The van der Waals surface area contributed by atoms with Crippen molar-refractivity contribution in [1.29, 1.82) is 0 Å². The Labute approximate surface area is 110 Å². The summed E-state index contributed by atoms with van der Waals surface area (Å²) in [5.74, 6) is 0.965. The van der Waals surface area contributed by atoms with Crippen molar-refractivity contribution < 1.29 is 9.84 Å². The maximum Gasteiger partial charge on any atom is 0.242 e. The molecule has 2 aromatic rings. The number of aliphatic hydroxyl groups excluding tert-OH is 1. The van der Waals surface area contributed by atoms with Gasteiger partial charge in [-0.1, -0.05) is 23.7 Å². The molecule has 0 unspecified atom stereocenters. The van der Waals surface area contributed by atoms with E-state index in [-0.39, 0.29) is 6.61 Å². The number of halogens is 1. The Balaban J connectivity index is 2.13. The van der Waals surface area contributed by atoms with Gasteiger partial charge in [-0.25, -0.2) is 4.98 Å². The number of ether oxygens (including phenoxy) is 1. The minimum absolute atomic E-state index is 0.131. The van der Waals surface area contributed by atoms with E-state index in [4.69, 9.17) is 27.2 Å². The van der Waals surface area contributed by atoms with E-state index in [0.29, 0.717) is 28.8 Å². The van der Waals surface area contributed by atoms with Crippen LogP contribution in [0.15, 0.2) is 36.5 Å². The van der Waals surface area contributed by atoms with Crippen molar-refractivity contribution in [2.24, 2.45) is 0 Å². The number of hydrogen-bond acceptors (Lipinski definition) is 4. The lowest BCUT2D eigenvalue weighted by molar-refractivity contribution is 0.299. The van der Waals surface area contributed by atoms with Crippen LogP contribution in [-0.2, 0) is 6.42 Å². The van der Waals surface area contributed by atoms with Crippen molar-refractivity contribution in [2.75, 3.05) is 12.3 Å². The molecule has 2 rings (SSSR count). The van der Waals surface area contributed by atoms with Gasteiger partial charge < -0.3 is 15.6 Å². The maximum absolute atomic E-state index is 8.82. The van der Waals surface area contributed by atoms with Crippen LogP contribution in [0.25, 0.3) is 0 Å².